The number of methoxy groups -OCH3 is 1. The number of rotatable bonds is 4. The number of thiophene rings is 1. The molecule has 0 unspecified atom stereocenters. The molecule has 0 aliphatic carbocycles. The van der Waals surface area contributed by atoms with Crippen LogP contribution in [0.4, 0.5) is 5.69 Å². The van der Waals surface area contributed by atoms with Gasteiger partial charge in [-0.15, -0.1) is 11.3 Å². The van der Waals surface area contributed by atoms with Crippen LogP contribution in [-0.2, 0) is 9.53 Å². The minimum atomic E-state index is -0.414. The zero-order valence-corrected chi connectivity index (χ0v) is 11.8. The fourth-order valence-electron chi connectivity index (χ4n) is 2.17. The Morgan fingerprint density at radius 3 is 2.79 bits per heavy atom. The molecule has 5 nitrogen and oxygen atoms in total. The molecule has 1 aromatic rings. The lowest BCUT2D eigenvalue weighted by Crippen LogP contribution is -2.36. The van der Waals surface area contributed by atoms with E-state index in [-0.39, 0.29) is 5.91 Å². The van der Waals surface area contributed by atoms with Gasteiger partial charge in [-0.05, 0) is 37.4 Å². The van der Waals surface area contributed by atoms with Gasteiger partial charge >= 0.3 is 5.97 Å². The number of hydrogen-bond donors (Lipinski definition) is 1. The van der Waals surface area contributed by atoms with Crippen molar-refractivity contribution in [1.82, 2.24) is 4.90 Å². The molecule has 6 heteroatoms. The first-order valence-electron chi connectivity index (χ1n) is 6.38. The van der Waals surface area contributed by atoms with Crippen molar-refractivity contribution < 1.29 is 14.3 Å². The Labute approximate surface area is 116 Å². The van der Waals surface area contributed by atoms with Crippen LogP contribution in [0.2, 0.25) is 0 Å². The maximum Gasteiger partial charge on any atom is 0.350 e. The number of hydrogen-bond acceptors (Lipinski definition) is 5. The molecule has 0 bridgehead atoms. The van der Waals surface area contributed by atoms with E-state index >= 15 is 0 Å². The van der Waals surface area contributed by atoms with Crippen molar-refractivity contribution in [2.24, 2.45) is 0 Å². The number of nitrogens with one attached hydrogen (secondary N) is 1. The molecule has 0 aromatic carbocycles. The van der Waals surface area contributed by atoms with Crippen molar-refractivity contribution in [2.75, 3.05) is 32.1 Å². The summed E-state index contributed by atoms with van der Waals surface area (Å²) in [6, 6.07) is 1.73. The molecule has 0 spiro atoms. The molecule has 1 amide bonds. The van der Waals surface area contributed by atoms with Crippen LogP contribution in [0.1, 0.15) is 28.9 Å². The normalized spacial score (nSPS) is 16.1. The number of carbonyl (C=O) groups is 2. The van der Waals surface area contributed by atoms with E-state index in [2.05, 4.69) is 15.0 Å². The summed E-state index contributed by atoms with van der Waals surface area (Å²) in [6.07, 6.45) is 3.55. The predicted octanol–water partition coefficient (Wildman–Crippen LogP) is 1.96. The van der Waals surface area contributed by atoms with Crippen molar-refractivity contribution >= 4 is 28.9 Å². The van der Waals surface area contributed by atoms with E-state index in [0.717, 1.165) is 25.9 Å². The average Bonchev–Trinajstić information content (AvgIpc) is 2.87. The van der Waals surface area contributed by atoms with Gasteiger partial charge in [0, 0.05) is 0 Å². The van der Waals surface area contributed by atoms with E-state index in [1.807, 2.05) is 0 Å². The van der Waals surface area contributed by atoms with E-state index in [1.54, 1.807) is 11.4 Å². The van der Waals surface area contributed by atoms with E-state index in [4.69, 9.17) is 0 Å². The second kappa shape index (κ2) is 6.68. The highest BCUT2D eigenvalue weighted by atomic mass is 32.1. The van der Waals surface area contributed by atoms with Crippen LogP contribution in [0.5, 0.6) is 0 Å². The van der Waals surface area contributed by atoms with E-state index in [9.17, 15) is 9.59 Å². The van der Waals surface area contributed by atoms with Gasteiger partial charge in [0.1, 0.15) is 4.88 Å². The fourth-order valence-corrected chi connectivity index (χ4v) is 2.93. The minimum absolute atomic E-state index is 0.0783. The van der Waals surface area contributed by atoms with Gasteiger partial charge in [0.15, 0.2) is 0 Å². The second-order valence-electron chi connectivity index (χ2n) is 4.54. The number of anilines is 1. The Balaban J connectivity index is 1.91. The Morgan fingerprint density at radius 1 is 1.37 bits per heavy atom. The van der Waals surface area contributed by atoms with Crippen LogP contribution in [0.15, 0.2) is 11.4 Å². The third-order valence-electron chi connectivity index (χ3n) is 3.13. The third kappa shape index (κ3) is 3.78. The first-order valence-corrected chi connectivity index (χ1v) is 7.26. The average molecular weight is 282 g/mol. The molecular weight excluding hydrogens is 264 g/mol. The molecular formula is C13H18N2O3S. The Hall–Kier alpha value is -1.40. The SMILES string of the molecule is COC(=O)c1sccc1NC(=O)CN1CCCCC1. The van der Waals surface area contributed by atoms with Gasteiger partial charge in [-0.2, -0.15) is 0 Å². The molecule has 104 valence electrons. The Bertz CT molecular complexity index is 452. The highest BCUT2D eigenvalue weighted by Crippen LogP contribution is 2.23. The van der Waals surface area contributed by atoms with Gasteiger partial charge in [0.05, 0.1) is 19.3 Å². The molecule has 19 heavy (non-hydrogen) atoms. The van der Waals surface area contributed by atoms with Crippen LogP contribution >= 0.6 is 11.3 Å². The number of ether oxygens (including phenoxy) is 1. The highest BCUT2D eigenvalue weighted by molar-refractivity contribution is 7.12. The largest absolute Gasteiger partial charge is 0.465 e. The molecule has 2 heterocycles. The molecule has 1 aliphatic heterocycles. The molecule has 2 rings (SSSR count). The number of carbonyl (C=O) groups excluding carboxylic acids is 2. The first kappa shape index (κ1) is 14.0. The summed E-state index contributed by atoms with van der Waals surface area (Å²) in [4.78, 5) is 26.0. The number of likely N-dealkylation sites (tertiary alicyclic amines) is 1. The summed E-state index contributed by atoms with van der Waals surface area (Å²) in [5.41, 5.74) is 0.541. The highest BCUT2D eigenvalue weighted by Gasteiger charge is 2.18. The van der Waals surface area contributed by atoms with Crippen LogP contribution < -0.4 is 5.32 Å². The number of nitrogens with zero attached hydrogens (tertiary/aromatic N) is 1. The zero-order valence-electron chi connectivity index (χ0n) is 11.0. The van der Waals surface area contributed by atoms with Crippen molar-refractivity contribution in [3.05, 3.63) is 16.3 Å². The second-order valence-corrected chi connectivity index (χ2v) is 5.46. The van der Waals surface area contributed by atoms with Gasteiger partial charge in [0.25, 0.3) is 0 Å². The van der Waals surface area contributed by atoms with Gasteiger partial charge in [-0.3, -0.25) is 9.69 Å². The van der Waals surface area contributed by atoms with Gasteiger partial charge < -0.3 is 10.1 Å². The summed E-state index contributed by atoms with van der Waals surface area (Å²) >= 11 is 1.27. The van der Waals surface area contributed by atoms with Crippen molar-refractivity contribution in [2.45, 2.75) is 19.3 Å². The lowest BCUT2D eigenvalue weighted by molar-refractivity contribution is -0.117. The summed E-state index contributed by atoms with van der Waals surface area (Å²) in [7, 11) is 1.33. The monoisotopic (exact) mass is 282 g/mol. The minimum Gasteiger partial charge on any atom is -0.465 e. The van der Waals surface area contributed by atoms with E-state index in [0.29, 0.717) is 17.1 Å². The smallest absolute Gasteiger partial charge is 0.350 e. The first-order chi connectivity index (χ1) is 9.20. The quantitative estimate of drug-likeness (QED) is 0.858. The van der Waals surface area contributed by atoms with Crippen LogP contribution in [0.3, 0.4) is 0 Å². The van der Waals surface area contributed by atoms with Crippen LogP contribution in [0, 0.1) is 0 Å². The maximum atomic E-state index is 11.9. The van der Waals surface area contributed by atoms with Crippen LogP contribution in [-0.4, -0.2) is 43.5 Å². The lowest BCUT2D eigenvalue weighted by atomic mass is 10.1. The van der Waals surface area contributed by atoms with E-state index < -0.39 is 5.97 Å². The predicted molar refractivity (Wildman–Crippen MR) is 74.6 cm³/mol. The topological polar surface area (TPSA) is 58.6 Å². The van der Waals surface area contributed by atoms with Gasteiger partial charge in [-0.1, -0.05) is 6.42 Å². The molecule has 0 atom stereocenters. The molecule has 1 saturated heterocycles. The number of amides is 1. The molecule has 1 aromatic heterocycles. The molecule has 0 radical (unpaired) electrons. The summed E-state index contributed by atoms with van der Waals surface area (Å²) in [5.74, 6) is -0.492. The Morgan fingerprint density at radius 2 is 2.11 bits per heavy atom. The van der Waals surface area contributed by atoms with E-state index in [1.165, 1.54) is 24.9 Å². The van der Waals surface area contributed by atoms with Crippen LogP contribution in [0.25, 0.3) is 0 Å². The maximum absolute atomic E-state index is 11.9. The van der Waals surface area contributed by atoms with Gasteiger partial charge in [-0.25, -0.2) is 4.79 Å². The number of piperidine rings is 1. The van der Waals surface area contributed by atoms with Crippen molar-refractivity contribution in [1.29, 1.82) is 0 Å². The molecule has 0 saturated carbocycles. The van der Waals surface area contributed by atoms with Crippen molar-refractivity contribution in [3.8, 4) is 0 Å². The summed E-state index contributed by atoms with van der Waals surface area (Å²) < 4.78 is 4.68. The molecule has 1 aliphatic rings. The molecule has 1 fully saturated rings. The number of esters is 1. The lowest BCUT2D eigenvalue weighted by Gasteiger charge is -2.25. The third-order valence-corrected chi connectivity index (χ3v) is 4.02. The standard InChI is InChI=1S/C13H18N2O3S/c1-18-13(17)12-10(5-8-19-12)14-11(16)9-15-6-3-2-4-7-15/h5,8H,2-4,6-7,9H2,1H3,(H,14,16). The van der Waals surface area contributed by atoms with Gasteiger partial charge in [0.2, 0.25) is 5.91 Å². The van der Waals surface area contributed by atoms with Crippen molar-refractivity contribution in [3.63, 3.8) is 0 Å². The Kier molecular flexibility index (Phi) is 4.93. The molecule has 1 N–H and O–H groups in total. The summed E-state index contributed by atoms with van der Waals surface area (Å²) in [6.45, 7) is 2.33. The fraction of sp³-hybridized carbons (Fsp3) is 0.538. The summed E-state index contributed by atoms with van der Waals surface area (Å²) in [5, 5.41) is 4.55. The zero-order chi connectivity index (χ0) is 13.7.